The molecule has 6 atom stereocenters. The Morgan fingerprint density at radius 2 is 1.05 bits per heavy atom. The zero-order chi connectivity index (χ0) is 43.6. The van der Waals surface area contributed by atoms with Gasteiger partial charge in [-0.2, -0.15) is 0 Å². The lowest BCUT2D eigenvalue weighted by Crippen LogP contribution is -2.54. The van der Waals surface area contributed by atoms with E-state index >= 15 is 0 Å². The minimum absolute atomic E-state index is 0.0695. The van der Waals surface area contributed by atoms with Crippen molar-refractivity contribution in [3.05, 3.63) is 25.3 Å². The van der Waals surface area contributed by atoms with Gasteiger partial charge in [0.25, 0.3) is 5.91 Å². The molecule has 3 rings (SSSR count). The molecule has 0 aromatic heterocycles. The van der Waals surface area contributed by atoms with Crippen LogP contribution in [0.1, 0.15) is 107 Å². The van der Waals surface area contributed by atoms with E-state index in [4.69, 9.17) is 28.4 Å². The summed E-state index contributed by atoms with van der Waals surface area (Å²) < 4.78 is 32.0. The van der Waals surface area contributed by atoms with Crippen LogP contribution in [0.3, 0.4) is 0 Å². The molecule has 0 aliphatic heterocycles. The first kappa shape index (κ1) is 48.0. The van der Waals surface area contributed by atoms with E-state index in [-0.39, 0.29) is 78.6 Å². The number of esters is 2. The number of amides is 4. The molecule has 58 heavy (non-hydrogen) atoms. The van der Waals surface area contributed by atoms with Gasteiger partial charge in [0.15, 0.2) is 0 Å². The van der Waals surface area contributed by atoms with Crippen LogP contribution in [0, 0.1) is 27.6 Å². The maximum atomic E-state index is 13.6. The zero-order valence-electron chi connectivity index (χ0n) is 36.1. The largest absolute Gasteiger partial charge is 0.459 e. The number of rotatable bonds is 19. The van der Waals surface area contributed by atoms with Crippen LogP contribution in [-0.2, 0) is 42.8 Å². The fourth-order valence-electron chi connectivity index (χ4n) is 9.02. The highest BCUT2D eigenvalue weighted by Gasteiger charge is 2.55. The molecule has 0 heterocycles. The Bertz CT molecular complexity index is 1530. The average Bonchev–Trinajstić information content (AvgIpc) is 3.75. The third-order valence-electron chi connectivity index (χ3n) is 11.2. The molecular formula is C42H68N4O12. The predicted octanol–water partition coefficient (Wildman–Crippen LogP) is 5.48. The second-order valence-corrected chi connectivity index (χ2v) is 19.3. The van der Waals surface area contributed by atoms with Crippen molar-refractivity contribution in [2.75, 3.05) is 46.1 Å². The van der Waals surface area contributed by atoms with Gasteiger partial charge in [0.2, 0.25) is 0 Å². The van der Waals surface area contributed by atoms with E-state index in [2.05, 4.69) is 76.0 Å². The van der Waals surface area contributed by atoms with E-state index in [0.717, 1.165) is 37.8 Å². The van der Waals surface area contributed by atoms with Gasteiger partial charge in [-0.3, -0.25) is 4.79 Å². The normalized spacial score (nSPS) is 28.3. The van der Waals surface area contributed by atoms with Gasteiger partial charge in [0.1, 0.15) is 37.6 Å². The summed E-state index contributed by atoms with van der Waals surface area (Å²) in [4.78, 5) is 73.8. The fraction of sp³-hybridized carbons (Fsp3) is 0.762. The average molecular weight is 821 g/mol. The van der Waals surface area contributed by atoms with Crippen molar-refractivity contribution in [1.82, 2.24) is 21.3 Å². The van der Waals surface area contributed by atoms with Crippen molar-refractivity contribution < 1.29 is 57.2 Å². The molecule has 0 aromatic carbocycles. The maximum Gasteiger partial charge on any atom is 0.407 e. The highest BCUT2D eigenvalue weighted by atomic mass is 16.6. The molecule has 3 fully saturated rings. The highest BCUT2D eigenvalue weighted by molar-refractivity contribution is 5.84. The summed E-state index contributed by atoms with van der Waals surface area (Å²) in [6.07, 6.45) is 5.29. The Kier molecular flexibility index (Phi) is 16.2. The first-order chi connectivity index (χ1) is 26.8. The minimum atomic E-state index is -1.15. The molecule has 4 amide bonds. The summed E-state index contributed by atoms with van der Waals surface area (Å²) in [6.45, 7) is 25.2. The monoisotopic (exact) mass is 820 g/mol. The topological polar surface area (TPSA) is 206 Å². The predicted molar refractivity (Wildman–Crippen MR) is 214 cm³/mol. The Morgan fingerprint density at radius 3 is 1.50 bits per heavy atom. The zero-order valence-corrected chi connectivity index (χ0v) is 36.1. The van der Waals surface area contributed by atoms with Crippen molar-refractivity contribution >= 4 is 36.1 Å². The number of carbonyl (C=O) groups excluding carboxylic acids is 6. The molecule has 0 spiro atoms. The van der Waals surface area contributed by atoms with Crippen LogP contribution < -0.4 is 21.3 Å². The third kappa shape index (κ3) is 15.8. The number of hydrogen-bond donors (Lipinski definition) is 4. The van der Waals surface area contributed by atoms with Gasteiger partial charge in [-0.1, -0.05) is 54.7 Å². The summed E-state index contributed by atoms with van der Waals surface area (Å²) in [5.41, 5.74) is -2.79. The number of ether oxygens (including phenoxy) is 6. The molecule has 0 aromatic rings. The molecule has 328 valence electrons. The van der Waals surface area contributed by atoms with E-state index in [9.17, 15) is 28.8 Å². The number of hydrogen-bond acceptors (Lipinski definition) is 12. The van der Waals surface area contributed by atoms with E-state index in [0.29, 0.717) is 32.4 Å². The number of alkyl carbamates (subject to hydrolysis) is 3. The molecular weight excluding hydrogens is 752 g/mol. The summed E-state index contributed by atoms with van der Waals surface area (Å²) in [5.74, 6) is -1.53. The van der Waals surface area contributed by atoms with Crippen LogP contribution in [0.15, 0.2) is 25.3 Å². The van der Waals surface area contributed by atoms with Crippen molar-refractivity contribution in [1.29, 1.82) is 0 Å². The molecule has 0 bridgehead atoms. The maximum absolute atomic E-state index is 13.6. The molecule has 3 saturated carbocycles. The van der Waals surface area contributed by atoms with Crippen LogP contribution in [0.5, 0.6) is 0 Å². The summed E-state index contributed by atoms with van der Waals surface area (Å²) in [7, 11) is 0. The third-order valence-corrected chi connectivity index (χ3v) is 11.2. The van der Waals surface area contributed by atoms with Crippen molar-refractivity contribution in [3.8, 4) is 0 Å². The smallest absolute Gasteiger partial charge is 0.407 e. The molecule has 6 unspecified atom stereocenters. The molecule has 4 N–H and O–H groups in total. The van der Waals surface area contributed by atoms with E-state index in [1.165, 1.54) is 0 Å². The summed E-state index contributed by atoms with van der Waals surface area (Å²) in [6, 6.07) is -0.343. The quantitative estimate of drug-likeness (QED) is 0.0553. The lowest BCUT2D eigenvalue weighted by Gasteiger charge is -2.47. The van der Waals surface area contributed by atoms with Crippen molar-refractivity contribution in [2.24, 2.45) is 27.6 Å². The molecule has 0 radical (unpaired) electrons. The second kappa shape index (κ2) is 19.6. The molecule has 16 nitrogen and oxygen atoms in total. The van der Waals surface area contributed by atoms with Crippen LogP contribution in [0.4, 0.5) is 14.4 Å². The first-order valence-electron chi connectivity index (χ1n) is 20.2. The van der Waals surface area contributed by atoms with Crippen LogP contribution in [0.2, 0.25) is 0 Å². The van der Waals surface area contributed by atoms with Gasteiger partial charge in [-0.05, 0) is 87.4 Å². The van der Waals surface area contributed by atoms with Gasteiger partial charge in [0, 0.05) is 43.2 Å². The number of nitrogens with one attached hydrogen (secondary N) is 4. The van der Waals surface area contributed by atoms with Crippen molar-refractivity contribution in [2.45, 2.75) is 131 Å². The Morgan fingerprint density at radius 1 is 0.621 bits per heavy atom. The minimum Gasteiger partial charge on any atom is -0.459 e. The van der Waals surface area contributed by atoms with Gasteiger partial charge >= 0.3 is 30.2 Å². The Balaban J connectivity index is 1.44. The molecule has 3 aliphatic carbocycles. The fourth-order valence-corrected chi connectivity index (χ4v) is 9.02. The summed E-state index contributed by atoms with van der Waals surface area (Å²) >= 11 is 0. The Hall–Kier alpha value is -4.34. The van der Waals surface area contributed by atoms with Crippen LogP contribution >= 0.6 is 0 Å². The molecule has 0 saturated heterocycles. The SMILES string of the molecule is C=CC(=O)OCCOC(=O)NCC1(C)CC(NC(=O)OC2(C)CC2COC(C)(C)C(=O)NC2CC(C)(C)CC(C)(CNC(=O)OCCOC(=O)C=C)C2)CC(C)(C)C1. The highest BCUT2D eigenvalue weighted by Crippen LogP contribution is 2.49. The first-order valence-corrected chi connectivity index (χ1v) is 20.2. The van der Waals surface area contributed by atoms with Gasteiger partial charge in [-0.15, -0.1) is 0 Å². The standard InChI is InChI=1S/C42H68N4O12/c1-12-31(47)53-14-16-55-34(50)43-26-40(9)21-29(19-37(3,4)24-40)45-33(49)39(7,8)57-23-28-18-42(28,11)58-36(52)46-30-20-38(5,6)25-41(10,22-30)27-44-35(51)56-17-15-54-32(48)13-2/h12-13,28-30H,1-2,14-27H2,3-11H3,(H,43,50)(H,44,51)(H,45,49)(H,46,52). The Labute approximate surface area is 343 Å². The lowest BCUT2D eigenvalue weighted by atomic mass is 9.62. The van der Waals surface area contributed by atoms with Gasteiger partial charge < -0.3 is 49.7 Å². The van der Waals surface area contributed by atoms with E-state index in [1.54, 1.807) is 13.8 Å². The lowest BCUT2D eigenvalue weighted by molar-refractivity contribution is -0.145. The number of carbonyl (C=O) groups is 6. The van der Waals surface area contributed by atoms with Crippen molar-refractivity contribution in [3.63, 3.8) is 0 Å². The second-order valence-electron chi connectivity index (χ2n) is 19.3. The van der Waals surface area contributed by atoms with Gasteiger partial charge in [-0.25, -0.2) is 24.0 Å². The summed E-state index contributed by atoms with van der Waals surface area (Å²) in [5, 5.41) is 11.9. The van der Waals surface area contributed by atoms with Gasteiger partial charge in [0.05, 0.1) is 6.61 Å². The van der Waals surface area contributed by atoms with E-state index < -0.39 is 41.4 Å². The van der Waals surface area contributed by atoms with E-state index in [1.807, 2.05) is 6.92 Å². The van der Waals surface area contributed by atoms with Crippen LogP contribution in [-0.4, -0.2) is 106 Å². The molecule has 16 heteroatoms. The molecule has 3 aliphatic rings. The van der Waals surface area contributed by atoms with Crippen LogP contribution in [0.25, 0.3) is 0 Å².